The van der Waals surface area contributed by atoms with Crippen molar-refractivity contribution < 1.29 is 4.79 Å². The van der Waals surface area contributed by atoms with E-state index in [1.165, 1.54) is 22.7 Å². The Morgan fingerprint density at radius 1 is 1.10 bits per heavy atom. The van der Waals surface area contributed by atoms with Gasteiger partial charge < -0.3 is 15.5 Å². The topological polar surface area (TPSA) is 70.2 Å². The molecule has 1 fully saturated rings. The quantitative estimate of drug-likeness (QED) is 0.584. The lowest BCUT2D eigenvalue weighted by Gasteiger charge is -2.31. The summed E-state index contributed by atoms with van der Waals surface area (Å²) in [6.45, 7) is 6.70. The summed E-state index contributed by atoms with van der Waals surface area (Å²) >= 11 is 1.49. The molecule has 0 saturated carbocycles. The van der Waals surface area contributed by atoms with Gasteiger partial charge in [0.1, 0.15) is 5.82 Å². The Hall–Kier alpha value is -2.93. The maximum Gasteiger partial charge on any atom is 0.319 e. The summed E-state index contributed by atoms with van der Waals surface area (Å²) in [6, 6.07) is 16.2. The van der Waals surface area contributed by atoms with Crippen LogP contribution in [-0.2, 0) is 6.42 Å². The number of aryl methyl sites for hydroxylation is 2. The van der Waals surface area contributed by atoms with Crippen LogP contribution in [0.2, 0.25) is 0 Å². The SMILES string of the molecule is Cc1ccc(Cc2nsc(N3CCC(CNC(=O)Nc4cccc(C)c4)CC3)n2)cc1. The Morgan fingerprint density at radius 2 is 1.87 bits per heavy atom. The van der Waals surface area contributed by atoms with Crippen LogP contribution in [0.15, 0.2) is 48.5 Å². The number of nitrogens with one attached hydrogen (secondary N) is 2. The lowest BCUT2D eigenvalue weighted by atomic mass is 9.97. The number of aromatic nitrogens is 2. The van der Waals surface area contributed by atoms with Gasteiger partial charge in [-0.2, -0.15) is 4.37 Å². The molecule has 0 bridgehead atoms. The maximum atomic E-state index is 12.2. The second-order valence-electron chi connectivity index (χ2n) is 8.29. The van der Waals surface area contributed by atoms with Crippen molar-refractivity contribution in [2.24, 2.45) is 5.92 Å². The highest BCUT2D eigenvalue weighted by Crippen LogP contribution is 2.25. The summed E-state index contributed by atoms with van der Waals surface area (Å²) in [5.41, 5.74) is 4.46. The number of carbonyl (C=O) groups excluding carboxylic acids is 1. The van der Waals surface area contributed by atoms with Crippen LogP contribution >= 0.6 is 11.5 Å². The number of amides is 2. The monoisotopic (exact) mass is 435 g/mol. The molecule has 0 atom stereocenters. The largest absolute Gasteiger partial charge is 0.347 e. The van der Waals surface area contributed by atoms with Gasteiger partial charge in [-0.25, -0.2) is 9.78 Å². The molecule has 2 heterocycles. The predicted octanol–water partition coefficient (Wildman–Crippen LogP) is 4.78. The van der Waals surface area contributed by atoms with Crippen LogP contribution in [0.3, 0.4) is 0 Å². The van der Waals surface area contributed by atoms with Gasteiger partial charge in [0, 0.05) is 43.3 Å². The van der Waals surface area contributed by atoms with E-state index >= 15 is 0 Å². The highest BCUT2D eigenvalue weighted by molar-refractivity contribution is 7.09. The van der Waals surface area contributed by atoms with Crippen LogP contribution in [0.25, 0.3) is 0 Å². The average Bonchev–Trinajstić information content (AvgIpc) is 3.23. The molecule has 0 spiro atoms. The normalized spacial score (nSPS) is 14.5. The molecule has 31 heavy (non-hydrogen) atoms. The standard InChI is InChI=1S/C24H29N5OS/c1-17-6-8-19(9-7-17)15-22-27-24(31-28-22)29-12-10-20(11-13-29)16-25-23(30)26-21-5-3-4-18(2)14-21/h3-9,14,20H,10-13,15-16H2,1-2H3,(H2,25,26,30). The molecule has 0 radical (unpaired) electrons. The maximum absolute atomic E-state index is 12.2. The fourth-order valence-corrected chi connectivity index (χ4v) is 4.53. The predicted molar refractivity (Wildman–Crippen MR) is 127 cm³/mol. The first-order chi connectivity index (χ1) is 15.0. The average molecular weight is 436 g/mol. The molecule has 3 aromatic rings. The number of nitrogens with zero attached hydrogens (tertiary/aromatic N) is 3. The van der Waals surface area contributed by atoms with Gasteiger partial charge in [0.05, 0.1) is 0 Å². The summed E-state index contributed by atoms with van der Waals surface area (Å²) < 4.78 is 4.56. The second-order valence-corrected chi connectivity index (χ2v) is 9.02. The van der Waals surface area contributed by atoms with E-state index in [-0.39, 0.29) is 6.03 Å². The molecular formula is C24H29N5OS. The van der Waals surface area contributed by atoms with Crippen LogP contribution in [0, 0.1) is 19.8 Å². The van der Waals surface area contributed by atoms with Gasteiger partial charge in [-0.15, -0.1) is 0 Å². The third kappa shape index (κ3) is 6.04. The summed E-state index contributed by atoms with van der Waals surface area (Å²) in [6.07, 6.45) is 2.85. The van der Waals surface area contributed by atoms with E-state index in [1.807, 2.05) is 31.2 Å². The molecule has 1 aromatic heterocycles. The van der Waals surface area contributed by atoms with Gasteiger partial charge in [0.25, 0.3) is 0 Å². The van der Waals surface area contributed by atoms with Crippen molar-refractivity contribution in [2.75, 3.05) is 29.9 Å². The molecule has 2 amide bonds. The Kier molecular flexibility index (Phi) is 6.82. The number of rotatable bonds is 6. The fraction of sp³-hybridized carbons (Fsp3) is 0.375. The van der Waals surface area contributed by atoms with Crippen LogP contribution in [0.1, 0.15) is 35.4 Å². The molecular weight excluding hydrogens is 406 g/mol. The van der Waals surface area contributed by atoms with Crippen molar-refractivity contribution in [1.82, 2.24) is 14.7 Å². The highest BCUT2D eigenvalue weighted by atomic mass is 32.1. The first-order valence-electron chi connectivity index (χ1n) is 10.8. The highest BCUT2D eigenvalue weighted by Gasteiger charge is 2.22. The van der Waals surface area contributed by atoms with Crippen molar-refractivity contribution in [3.63, 3.8) is 0 Å². The third-order valence-electron chi connectivity index (χ3n) is 5.65. The van der Waals surface area contributed by atoms with Gasteiger partial charge in [0.2, 0.25) is 5.13 Å². The van der Waals surface area contributed by atoms with Gasteiger partial charge in [0.15, 0.2) is 0 Å². The molecule has 6 nitrogen and oxygen atoms in total. The van der Waals surface area contributed by atoms with Crippen molar-refractivity contribution in [3.8, 4) is 0 Å². The Bertz CT molecular complexity index is 1010. The summed E-state index contributed by atoms with van der Waals surface area (Å²) in [5.74, 6) is 1.37. The number of hydrogen-bond acceptors (Lipinski definition) is 5. The number of anilines is 2. The smallest absolute Gasteiger partial charge is 0.319 e. The summed E-state index contributed by atoms with van der Waals surface area (Å²) in [7, 11) is 0. The zero-order valence-electron chi connectivity index (χ0n) is 18.1. The van der Waals surface area contributed by atoms with Crippen LogP contribution in [-0.4, -0.2) is 35.0 Å². The summed E-state index contributed by atoms with van der Waals surface area (Å²) in [5, 5.41) is 6.93. The molecule has 4 rings (SSSR count). The molecule has 162 valence electrons. The molecule has 2 N–H and O–H groups in total. The van der Waals surface area contributed by atoms with Crippen molar-refractivity contribution >= 4 is 28.4 Å². The van der Waals surface area contributed by atoms with Crippen LogP contribution in [0.5, 0.6) is 0 Å². The molecule has 0 aliphatic carbocycles. The molecule has 7 heteroatoms. The van der Waals surface area contributed by atoms with E-state index in [0.29, 0.717) is 12.5 Å². The van der Waals surface area contributed by atoms with E-state index in [4.69, 9.17) is 4.98 Å². The fourth-order valence-electron chi connectivity index (χ4n) is 3.80. The Labute approximate surface area is 187 Å². The number of urea groups is 1. The van der Waals surface area contributed by atoms with E-state index in [0.717, 1.165) is 54.6 Å². The van der Waals surface area contributed by atoms with Gasteiger partial charge >= 0.3 is 6.03 Å². The number of carbonyl (C=O) groups is 1. The zero-order valence-corrected chi connectivity index (χ0v) is 18.9. The van der Waals surface area contributed by atoms with E-state index in [2.05, 4.69) is 51.1 Å². The van der Waals surface area contributed by atoms with E-state index in [1.54, 1.807) is 0 Å². The Balaban J connectivity index is 1.21. The van der Waals surface area contributed by atoms with Gasteiger partial charge in [-0.3, -0.25) is 0 Å². The molecule has 1 aliphatic heterocycles. The minimum absolute atomic E-state index is 0.141. The van der Waals surface area contributed by atoms with Crippen LogP contribution in [0.4, 0.5) is 15.6 Å². The van der Waals surface area contributed by atoms with E-state index < -0.39 is 0 Å². The van der Waals surface area contributed by atoms with Crippen molar-refractivity contribution in [1.29, 1.82) is 0 Å². The lowest BCUT2D eigenvalue weighted by Crippen LogP contribution is -2.39. The van der Waals surface area contributed by atoms with Crippen LogP contribution < -0.4 is 15.5 Å². The molecule has 1 saturated heterocycles. The molecule has 0 unspecified atom stereocenters. The minimum atomic E-state index is -0.141. The first kappa shape index (κ1) is 21.3. The van der Waals surface area contributed by atoms with Crippen molar-refractivity contribution in [3.05, 3.63) is 71.0 Å². The number of hydrogen-bond donors (Lipinski definition) is 2. The minimum Gasteiger partial charge on any atom is -0.347 e. The van der Waals surface area contributed by atoms with E-state index in [9.17, 15) is 4.79 Å². The summed E-state index contributed by atoms with van der Waals surface area (Å²) in [4.78, 5) is 19.3. The molecule has 2 aromatic carbocycles. The third-order valence-corrected chi connectivity index (χ3v) is 6.47. The first-order valence-corrected chi connectivity index (χ1v) is 11.6. The van der Waals surface area contributed by atoms with Gasteiger partial charge in [-0.1, -0.05) is 42.0 Å². The van der Waals surface area contributed by atoms with Crippen molar-refractivity contribution in [2.45, 2.75) is 33.1 Å². The van der Waals surface area contributed by atoms with Gasteiger partial charge in [-0.05, 0) is 55.9 Å². The number of benzene rings is 2. The zero-order chi connectivity index (χ0) is 21.6. The Morgan fingerprint density at radius 3 is 2.61 bits per heavy atom. The second kappa shape index (κ2) is 9.92. The number of piperidine rings is 1. The lowest BCUT2D eigenvalue weighted by molar-refractivity contribution is 0.248. The molecule has 1 aliphatic rings.